The van der Waals surface area contributed by atoms with Gasteiger partial charge >= 0.3 is 5.97 Å². The second-order valence-electron chi connectivity index (χ2n) is 5.89. The molecule has 0 spiro atoms. The zero-order chi connectivity index (χ0) is 14.8. The van der Waals surface area contributed by atoms with Crippen LogP contribution in [0.5, 0.6) is 0 Å². The van der Waals surface area contributed by atoms with Gasteiger partial charge in [0.25, 0.3) is 0 Å². The van der Waals surface area contributed by atoms with E-state index in [1.54, 1.807) is 0 Å². The van der Waals surface area contributed by atoms with Crippen molar-refractivity contribution in [1.82, 2.24) is 0 Å². The normalized spacial score (nSPS) is 13.3. The van der Waals surface area contributed by atoms with Gasteiger partial charge in [0.15, 0.2) is 0 Å². The van der Waals surface area contributed by atoms with E-state index in [1.165, 1.54) is 18.1 Å². The van der Waals surface area contributed by atoms with Crippen molar-refractivity contribution in [2.24, 2.45) is 11.8 Å². The molecule has 2 heteroatoms. The van der Waals surface area contributed by atoms with Gasteiger partial charge in [-0.1, -0.05) is 44.1 Å². The van der Waals surface area contributed by atoms with Crippen molar-refractivity contribution >= 4 is 5.97 Å². The minimum Gasteiger partial charge on any atom is -0.466 e. The Hall–Kier alpha value is -1.05. The zero-order valence-corrected chi connectivity index (χ0v) is 13.5. The molecule has 0 heterocycles. The standard InChI is InChI=1S/C17H30O2/c1-13(2)7-9-17(14(3)4)10-8-15(5)11-12-19-16(6)18/h7,10,14-15H,8-9,11-12H2,1-6H3/b17-10-. The molecule has 0 aromatic carbocycles. The summed E-state index contributed by atoms with van der Waals surface area (Å²) >= 11 is 0. The lowest BCUT2D eigenvalue weighted by molar-refractivity contribution is -0.141. The van der Waals surface area contributed by atoms with Crippen molar-refractivity contribution in [2.75, 3.05) is 6.61 Å². The molecule has 0 aromatic heterocycles. The first-order valence-electron chi connectivity index (χ1n) is 7.28. The third kappa shape index (κ3) is 10.5. The fourth-order valence-electron chi connectivity index (χ4n) is 1.75. The molecule has 0 aromatic rings. The smallest absolute Gasteiger partial charge is 0.302 e. The number of allylic oxidation sites excluding steroid dienone is 4. The van der Waals surface area contributed by atoms with Crippen LogP contribution >= 0.6 is 0 Å². The number of hydrogen-bond acceptors (Lipinski definition) is 2. The van der Waals surface area contributed by atoms with Gasteiger partial charge in [0.05, 0.1) is 6.61 Å². The lowest BCUT2D eigenvalue weighted by Gasteiger charge is -2.13. The zero-order valence-electron chi connectivity index (χ0n) is 13.5. The Kier molecular flexibility index (Phi) is 9.28. The monoisotopic (exact) mass is 266 g/mol. The van der Waals surface area contributed by atoms with Crippen LogP contribution < -0.4 is 0 Å². The number of ether oxygens (including phenoxy) is 1. The first-order chi connectivity index (χ1) is 8.82. The average molecular weight is 266 g/mol. The van der Waals surface area contributed by atoms with E-state index in [0.29, 0.717) is 18.4 Å². The molecule has 0 fully saturated rings. The van der Waals surface area contributed by atoms with Crippen LogP contribution in [0.4, 0.5) is 0 Å². The van der Waals surface area contributed by atoms with E-state index in [0.717, 1.165) is 19.3 Å². The van der Waals surface area contributed by atoms with Crippen molar-refractivity contribution < 1.29 is 9.53 Å². The van der Waals surface area contributed by atoms with Crippen LogP contribution in [0.2, 0.25) is 0 Å². The summed E-state index contributed by atoms with van der Waals surface area (Å²) < 4.78 is 4.98. The van der Waals surface area contributed by atoms with E-state index in [9.17, 15) is 4.79 Å². The van der Waals surface area contributed by atoms with Crippen molar-refractivity contribution in [1.29, 1.82) is 0 Å². The van der Waals surface area contributed by atoms with E-state index in [2.05, 4.69) is 46.8 Å². The van der Waals surface area contributed by atoms with Crippen LogP contribution in [0.1, 0.15) is 60.8 Å². The molecule has 2 nitrogen and oxygen atoms in total. The minimum atomic E-state index is -0.186. The van der Waals surface area contributed by atoms with Crippen molar-refractivity contribution in [3.8, 4) is 0 Å². The van der Waals surface area contributed by atoms with Gasteiger partial charge in [0.2, 0.25) is 0 Å². The second-order valence-corrected chi connectivity index (χ2v) is 5.89. The second kappa shape index (κ2) is 9.82. The van der Waals surface area contributed by atoms with Crippen LogP contribution in [0.25, 0.3) is 0 Å². The van der Waals surface area contributed by atoms with Gasteiger partial charge in [-0.05, 0) is 44.9 Å². The molecule has 0 N–H and O–H groups in total. The maximum atomic E-state index is 10.7. The van der Waals surface area contributed by atoms with Gasteiger partial charge in [-0.25, -0.2) is 0 Å². The van der Waals surface area contributed by atoms with Gasteiger partial charge in [-0.2, -0.15) is 0 Å². The fraction of sp³-hybridized carbons (Fsp3) is 0.706. The van der Waals surface area contributed by atoms with Crippen LogP contribution in [-0.4, -0.2) is 12.6 Å². The van der Waals surface area contributed by atoms with E-state index < -0.39 is 0 Å². The summed E-state index contributed by atoms with van der Waals surface area (Å²) in [6.45, 7) is 13.0. The minimum absolute atomic E-state index is 0.186. The van der Waals surface area contributed by atoms with Crippen molar-refractivity contribution in [2.45, 2.75) is 60.8 Å². The lowest BCUT2D eigenvalue weighted by atomic mass is 9.94. The van der Waals surface area contributed by atoms with Crippen LogP contribution in [0, 0.1) is 11.8 Å². The largest absolute Gasteiger partial charge is 0.466 e. The third-order valence-corrected chi connectivity index (χ3v) is 3.19. The quantitative estimate of drug-likeness (QED) is 0.461. The van der Waals surface area contributed by atoms with E-state index in [4.69, 9.17) is 4.74 Å². The summed E-state index contributed by atoms with van der Waals surface area (Å²) in [5, 5.41) is 0. The van der Waals surface area contributed by atoms with Gasteiger partial charge < -0.3 is 4.74 Å². The SMILES string of the molecule is CC(=O)OCCC(C)C/C=C(/CC=C(C)C)C(C)C. The molecule has 0 radical (unpaired) electrons. The van der Waals surface area contributed by atoms with E-state index in [-0.39, 0.29) is 5.97 Å². The number of esters is 1. The molecule has 0 aliphatic heterocycles. The van der Waals surface area contributed by atoms with Crippen LogP contribution in [0.15, 0.2) is 23.3 Å². The first kappa shape index (κ1) is 17.9. The number of rotatable bonds is 8. The van der Waals surface area contributed by atoms with Crippen molar-refractivity contribution in [3.05, 3.63) is 23.3 Å². The first-order valence-corrected chi connectivity index (χ1v) is 7.28. The Morgan fingerprint density at radius 1 is 1.11 bits per heavy atom. The number of carbonyl (C=O) groups is 1. The number of carbonyl (C=O) groups excluding carboxylic acids is 1. The lowest BCUT2D eigenvalue weighted by Crippen LogP contribution is -2.05. The molecule has 0 bridgehead atoms. The topological polar surface area (TPSA) is 26.3 Å². The number of hydrogen-bond donors (Lipinski definition) is 0. The summed E-state index contributed by atoms with van der Waals surface area (Å²) in [5.41, 5.74) is 2.87. The van der Waals surface area contributed by atoms with Gasteiger partial charge in [0.1, 0.15) is 0 Å². The molecule has 110 valence electrons. The predicted molar refractivity (Wildman–Crippen MR) is 82.0 cm³/mol. The molecule has 0 aliphatic rings. The van der Waals surface area contributed by atoms with Gasteiger partial charge in [-0.15, -0.1) is 0 Å². The molecule has 0 rings (SSSR count). The fourth-order valence-corrected chi connectivity index (χ4v) is 1.75. The molecule has 0 aliphatic carbocycles. The highest BCUT2D eigenvalue weighted by Gasteiger charge is 2.05. The Labute approximate surface area is 118 Å². The molecule has 0 amide bonds. The van der Waals surface area contributed by atoms with Crippen molar-refractivity contribution in [3.63, 3.8) is 0 Å². The summed E-state index contributed by atoms with van der Waals surface area (Å²) in [6.07, 6.45) is 7.70. The van der Waals surface area contributed by atoms with E-state index >= 15 is 0 Å². The van der Waals surface area contributed by atoms with E-state index in [1.807, 2.05) is 0 Å². The highest BCUT2D eigenvalue weighted by molar-refractivity contribution is 5.65. The summed E-state index contributed by atoms with van der Waals surface area (Å²) in [4.78, 5) is 10.7. The Morgan fingerprint density at radius 3 is 2.21 bits per heavy atom. The molecule has 1 unspecified atom stereocenters. The highest BCUT2D eigenvalue weighted by Crippen LogP contribution is 2.19. The van der Waals surface area contributed by atoms with Crippen LogP contribution in [-0.2, 0) is 9.53 Å². The Balaban J connectivity index is 4.21. The molecule has 1 atom stereocenters. The molecule has 0 saturated heterocycles. The molecule has 19 heavy (non-hydrogen) atoms. The highest BCUT2D eigenvalue weighted by atomic mass is 16.5. The van der Waals surface area contributed by atoms with Gasteiger partial charge in [0, 0.05) is 6.92 Å². The molecular weight excluding hydrogens is 236 g/mol. The van der Waals surface area contributed by atoms with Crippen LogP contribution in [0.3, 0.4) is 0 Å². The Bertz CT molecular complexity index is 320. The summed E-state index contributed by atoms with van der Waals surface area (Å²) in [6, 6.07) is 0. The summed E-state index contributed by atoms with van der Waals surface area (Å²) in [5.74, 6) is 0.963. The summed E-state index contributed by atoms with van der Waals surface area (Å²) in [7, 11) is 0. The average Bonchev–Trinajstić information content (AvgIpc) is 2.27. The van der Waals surface area contributed by atoms with Gasteiger partial charge in [-0.3, -0.25) is 4.79 Å². The maximum absolute atomic E-state index is 10.7. The molecular formula is C17H30O2. The maximum Gasteiger partial charge on any atom is 0.302 e. The predicted octanol–water partition coefficient (Wildman–Crippen LogP) is 4.90. The Morgan fingerprint density at radius 2 is 1.74 bits per heavy atom. The molecule has 0 saturated carbocycles. The third-order valence-electron chi connectivity index (χ3n) is 3.19.